The van der Waals surface area contributed by atoms with Crippen molar-refractivity contribution in [2.24, 2.45) is 23.5 Å². The molecule has 2 heteroatoms. The van der Waals surface area contributed by atoms with E-state index in [1.165, 1.54) is 45.2 Å². The minimum atomic E-state index is 0.904. The van der Waals surface area contributed by atoms with Gasteiger partial charge < -0.3 is 5.73 Å². The van der Waals surface area contributed by atoms with Crippen LogP contribution in [0.15, 0.2) is 0 Å². The molecule has 2 N–H and O–H groups in total. The van der Waals surface area contributed by atoms with Crippen LogP contribution in [0.4, 0.5) is 0 Å². The summed E-state index contributed by atoms with van der Waals surface area (Å²) >= 11 is 0. The second-order valence-electron chi connectivity index (χ2n) is 5.52. The van der Waals surface area contributed by atoms with E-state index >= 15 is 0 Å². The fraction of sp³-hybridized carbons (Fsp3) is 1.00. The molecule has 2 aliphatic carbocycles. The van der Waals surface area contributed by atoms with Crippen LogP contribution in [-0.4, -0.2) is 30.6 Å². The summed E-state index contributed by atoms with van der Waals surface area (Å²) in [4.78, 5) is 2.77. The molecule has 80 valence electrons. The smallest absolute Gasteiger partial charge is 0.00966 e. The van der Waals surface area contributed by atoms with Gasteiger partial charge >= 0.3 is 0 Å². The molecule has 14 heavy (non-hydrogen) atoms. The van der Waals surface area contributed by atoms with E-state index in [2.05, 4.69) is 4.90 Å². The Bertz CT molecular complexity index is 198. The Hall–Kier alpha value is -0.0800. The first-order valence-electron chi connectivity index (χ1n) is 6.32. The third-order valence-electron chi connectivity index (χ3n) is 4.62. The van der Waals surface area contributed by atoms with Crippen LogP contribution < -0.4 is 5.73 Å². The molecule has 0 aromatic heterocycles. The van der Waals surface area contributed by atoms with Crippen LogP contribution in [-0.2, 0) is 0 Å². The lowest BCUT2D eigenvalue weighted by Crippen LogP contribution is -2.43. The fourth-order valence-electron chi connectivity index (χ4n) is 3.77. The van der Waals surface area contributed by atoms with Crippen molar-refractivity contribution < 1.29 is 0 Å². The molecule has 3 aliphatic rings. The highest BCUT2D eigenvalue weighted by Gasteiger charge is 2.44. The Morgan fingerprint density at radius 1 is 1.00 bits per heavy atom. The van der Waals surface area contributed by atoms with Gasteiger partial charge in [-0.25, -0.2) is 0 Å². The van der Waals surface area contributed by atoms with Crippen LogP contribution in [0.3, 0.4) is 0 Å². The predicted molar refractivity (Wildman–Crippen MR) is 58.0 cm³/mol. The zero-order chi connectivity index (χ0) is 9.54. The molecular weight excluding hydrogens is 172 g/mol. The van der Waals surface area contributed by atoms with E-state index < -0.39 is 0 Å². The fourth-order valence-corrected chi connectivity index (χ4v) is 3.77. The van der Waals surface area contributed by atoms with Gasteiger partial charge in [0.2, 0.25) is 0 Å². The second-order valence-corrected chi connectivity index (χ2v) is 5.52. The summed E-state index contributed by atoms with van der Waals surface area (Å²) in [5, 5.41) is 0. The number of likely N-dealkylation sites (tertiary alicyclic amines) is 1. The molecule has 1 saturated heterocycles. The van der Waals surface area contributed by atoms with Gasteiger partial charge in [0.1, 0.15) is 0 Å². The summed E-state index contributed by atoms with van der Waals surface area (Å²) in [7, 11) is 0. The summed E-state index contributed by atoms with van der Waals surface area (Å²) in [5.74, 6) is 2.98. The van der Waals surface area contributed by atoms with Crippen molar-refractivity contribution in [3.63, 3.8) is 0 Å². The number of fused-ring (bicyclic) bond motifs is 2. The highest BCUT2D eigenvalue weighted by atomic mass is 15.2. The van der Waals surface area contributed by atoms with Crippen LogP contribution in [0.25, 0.3) is 0 Å². The van der Waals surface area contributed by atoms with Gasteiger partial charge in [0.15, 0.2) is 0 Å². The molecule has 3 fully saturated rings. The number of piperidine rings is 1. The SMILES string of the molecule is NCCC1C2CCC1CN(C1CC1)C2. The first kappa shape index (κ1) is 9.17. The Morgan fingerprint density at radius 3 is 2.14 bits per heavy atom. The van der Waals surface area contributed by atoms with Crippen molar-refractivity contribution in [3.8, 4) is 0 Å². The number of hydrogen-bond donors (Lipinski definition) is 1. The van der Waals surface area contributed by atoms with Crippen molar-refractivity contribution in [1.29, 1.82) is 0 Å². The lowest BCUT2D eigenvalue weighted by molar-refractivity contribution is 0.0988. The molecule has 2 atom stereocenters. The van der Waals surface area contributed by atoms with E-state index in [1.807, 2.05) is 0 Å². The maximum absolute atomic E-state index is 5.70. The highest BCUT2D eigenvalue weighted by Crippen LogP contribution is 2.45. The van der Waals surface area contributed by atoms with Gasteiger partial charge in [-0.3, -0.25) is 4.90 Å². The van der Waals surface area contributed by atoms with Gasteiger partial charge in [-0.2, -0.15) is 0 Å². The molecule has 3 rings (SSSR count). The first-order chi connectivity index (χ1) is 6.88. The van der Waals surface area contributed by atoms with Crippen molar-refractivity contribution in [1.82, 2.24) is 4.90 Å². The van der Waals surface area contributed by atoms with Crippen molar-refractivity contribution in [2.75, 3.05) is 19.6 Å². The van der Waals surface area contributed by atoms with Crippen LogP contribution in [0.2, 0.25) is 0 Å². The molecule has 2 nitrogen and oxygen atoms in total. The van der Waals surface area contributed by atoms with Crippen LogP contribution in [0, 0.1) is 17.8 Å². The zero-order valence-electron chi connectivity index (χ0n) is 8.99. The van der Waals surface area contributed by atoms with Crippen molar-refractivity contribution >= 4 is 0 Å². The molecule has 1 heterocycles. The number of nitrogens with two attached hydrogens (primary N) is 1. The predicted octanol–water partition coefficient (Wildman–Crippen LogP) is 1.46. The van der Waals surface area contributed by atoms with E-state index in [9.17, 15) is 0 Å². The van der Waals surface area contributed by atoms with Gasteiger partial charge in [0, 0.05) is 19.1 Å². The van der Waals surface area contributed by atoms with E-state index in [0.717, 1.165) is 30.3 Å². The summed E-state index contributed by atoms with van der Waals surface area (Å²) in [6.45, 7) is 3.69. The van der Waals surface area contributed by atoms with Gasteiger partial charge in [-0.05, 0) is 56.4 Å². The van der Waals surface area contributed by atoms with Crippen LogP contribution >= 0.6 is 0 Å². The van der Waals surface area contributed by atoms with Gasteiger partial charge in [0.05, 0.1) is 0 Å². The van der Waals surface area contributed by atoms with Crippen molar-refractivity contribution in [2.45, 2.75) is 38.1 Å². The molecule has 2 saturated carbocycles. The third-order valence-corrected chi connectivity index (χ3v) is 4.62. The van der Waals surface area contributed by atoms with Crippen LogP contribution in [0.1, 0.15) is 32.1 Å². The molecule has 0 radical (unpaired) electrons. The number of rotatable bonds is 3. The number of hydrogen-bond acceptors (Lipinski definition) is 2. The Labute approximate surface area is 86.8 Å². The summed E-state index contributed by atoms with van der Waals surface area (Å²) in [6.07, 6.45) is 7.20. The summed E-state index contributed by atoms with van der Waals surface area (Å²) < 4.78 is 0. The Kier molecular flexibility index (Phi) is 2.29. The number of nitrogens with zero attached hydrogens (tertiary/aromatic N) is 1. The normalized spacial score (nSPS) is 43.1. The summed E-state index contributed by atoms with van der Waals surface area (Å²) in [5.41, 5.74) is 5.70. The van der Waals surface area contributed by atoms with Crippen LogP contribution in [0.5, 0.6) is 0 Å². The molecule has 2 bridgehead atoms. The van der Waals surface area contributed by atoms with Crippen molar-refractivity contribution in [3.05, 3.63) is 0 Å². The lowest BCUT2D eigenvalue weighted by Gasteiger charge is -2.38. The molecule has 0 amide bonds. The molecule has 0 spiro atoms. The first-order valence-corrected chi connectivity index (χ1v) is 6.32. The van der Waals surface area contributed by atoms with E-state index in [4.69, 9.17) is 5.73 Å². The van der Waals surface area contributed by atoms with Gasteiger partial charge in [-0.1, -0.05) is 0 Å². The Morgan fingerprint density at radius 2 is 1.64 bits per heavy atom. The molecule has 0 aromatic rings. The lowest BCUT2D eigenvalue weighted by atomic mass is 9.82. The maximum atomic E-state index is 5.70. The quantitative estimate of drug-likeness (QED) is 0.737. The Balaban J connectivity index is 1.65. The molecule has 1 aliphatic heterocycles. The molecular formula is C12H22N2. The maximum Gasteiger partial charge on any atom is 0.00966 e. The average molecular weight is 194 g/mol. The highest BCUT2D eigenvalue weighted by molar-refractivity contribution is 4.97. The van der Waals surface area contributed by atoms with E-state index in [0.29, 0.717) is 0 Å². The third kappa shape index (κ3) is 1.49. The van der Waals surface area contributed by atoms with E-state index in [1.54, 1.807) is 0 Å². The summed E-state index contributed by atoms with van der Waals surface area (Å²) in [6, 6.07) is 0.983. The zero-order valence-corrected chi connectivity index (χ0v) is 8.99. The topological polar surface area (TPSA) is 29.3 Å². The van der Waals surface area contributed by atoms with Gasteiger partial charge in [0.25, 0.3) is 0 Å². The van der Waals surface area contributed by atoms with E-state index in [-0.39, 0.29) is 0 Å². The minimum absolute atomic E-state index is 0.904. The monoisotopic (exact) mass is 194 g/mol. The molecule has 0 aromatic carbocycles. The van der Waals surface area contributed by atoms with Gasteiger partial charge in [-0.15, -0.1) is 0 Å². The standard InChI is InChI=1S/C12H22N2/c13-6-5-12-9-1-2-10(12)8-14(7-9)11-3-4-11/h9-12H,1-8,13H2. The largest absolute Gasteiger partial charge is 0.330 e. The molecule has 2 unspecified atom stereocenters. The minimum Gasteiger partial charge on any atom is -0.330 e. The average Bonchev–Trinajstić information content (AvgIpc) is 2.99. The second kappa shape index (κ2) is 3.49.